The quantitative estimate of drug-likeness (QED) is 0.907. The summed E-state index contributed by atoms with van der Waals surface area (Å²) < 4.78 is 2.15. The van der Waals surface area contributed by atoms with Crippen LogP contribution in [0.15, 0.2) is 30.6 Å². The normalized spacial score (nSPS) is 16.3. The molecule has 1 aliphatic rings. The number of aryl methyl sites for hydroxylation is 1. The zero-order valence-electron chi connectivity index (χ0n) is 12.2. The summed E-state index contributed by atoms with van der Waals surface area (Å²) in [4.78, 5) is 0. The molecule has 1 aromatic heterocycles. The first-order valence-corrected chi connectivity index (χ1v) is 7.48. The maximum atomic E-state index is 4.28. The molecule has 4 heteroatoms. The lowest BCUT2D eigenvalue weighted by Crippen LogP contribution is -2.33. The molecule has 0 saturated heterocycles. The van der Waals surface area contributed by atoms with Gasteiger partial charge in [0.2, 0.25) is 0 Å². The largest absolute Gasteiger partial charge is 0.316 e. The molecule has 20 heavy (non-hydrogen) atoms. The molecule has 106 valence electrons. The molecule has 0 fully saturated rings. The Hall–Kier alpha value is -1.68. The van der Waals surface area contributed by atoms with Crippen molar-refractivity contribution >= 4 is 0 Å². The Labute approximate surface area is 120 Å². The van der Waals surface area contributed by atoms with Gasteiger partial charge >= 0.3 is 0 Å². The van der Waals surface area contributed by atoms with Crippen LogP contribution in [0.3, 0.4) is 0 Å². The van der Waals surface area contributed by atoms with Gasteiger partial charge in [-0.3, -0.25) is 0 Å². The van der Waals surface area contributed by atoms with E-state index in [9.17, 15) is 0 Å². The molecule has 1 N–H and O–H groups in total. The first-order chi connectivity index (χ1) is 9.78. The Kier molecular flexibility index (Phi) is 3.83. The van der Waals surface area contributed by atoms with Crippen LogP contribution in [0.2, 0.25) is 0 Å². The number of nitrogens with zero attached hydrogens (tertiary/aromatic N) is 3. The van der Waals surface area contributed by atoms with Crippen molar-refractivity contribution in [1.82, 2.24) is 20.1 Å². The summed E-state index contributed by atoms with van der Waals surface area (Å²) in [6, 6.07) is 9.48. The topological polar surface area (TPSA) is 42.7 Å². The zero-order chi connectivity index (χ0) is 13.9. The predicted molar refractivity (Wildman–Crippen MR) is 79.5 cm³/mol. The maximum Gasteiger partial charge on any atom is 0.149 e. The fourth-order valence-electron chi connectivity index (χ4n) is 3.12. The summed E-state index contributed by atoms with van der Waals surface area (Å²) in [5, 5.41) is 12.0. The predicted octanol–water partition coefficient (Wildman–Crippen LogP) is 2.51. The van der Waals surface area contributed by atoms with E-state index >= 15 is 0 Å². The van der Waals surface area contributed by atoms with Crippen LogP contribution in [-0.2, 0) is 19.4 Å². The minimum absolute atomic E-state index is 0.239. The van der Waals surface area contributed by atoms with Crippen molar-refractivity contribution < 1.29 is 0 Å². The SMILES string of the molecule is CCCn1cnnc1C(C)NC1Cc2ccccc2C1. The molecule has 0 amide bonds. The van der Waals surface area contributed by atoms with Crippen LogP contribution < -0.4 is 5.32 Å². The van der Waals surface area contributed by atoms with Crippen molar-refractivity contribution in [2.45, 2.75) is 51.7 Å². The van der Waals surface area contributed by atoms with Gasteiger partial charge in [0.1, 0.15) is 12.2 Å². The second-order valence-electron chi connectivity index (χ2n) is 5.64. The number of nitrogens with one attached hydrogen (secondary N) is 1. The van der Waals surface area contributed by atoms with Crippen LogP contribution >= 0.6 is 0 Å². The van der Waals surface area contributed by atoms with E-state index in [2.05, 4.69) is 58.2 Å². The lowest BCUT2D eigenvalue weighted by atomic mass is 10.1. The third kappa shape index (κ3) is 2.61. The lowest BCUT2D eigenvalue weighted by molar-refractivity contribution is 0.436. The van der Waals surface area contributed by atoms with E-state index < -0.39 is 0 Å². The fourth-order valence-corrected chi connectivity index (χ4v) is 3.12. The van der Waals surface area contributed by atoms with E-state index in [4.69, 9.17) is 0 Å². The second kappa shape index (κ2) is 5.75. The number of hydrogen-bond acceptors (Lipinski definition) is 3. The molecule has 0 spiro atoms. The molecule has 0 radical (unpaired) electrons. The van der Waals surface area contributed by atoms with E-state index in [1.807, 2.05) is 6.33 Å². The van der Waals surface area contributed by atoms with E-state index in [1.54, 1.807) is 0 Å². The number of benzene rings is 1. The van der Waals surface area contributed by atoms with Gasteiger partial charge < -0.3 is 9.88 Å². The molecule has 4 nitrogen and oxygen atoms in total. The fraction of sp³-hybridized carbons (Fsp3) is 0.500. The van der Waals surface area contributed by atoms with Crippen LogP contribution in [0.25, 0.3) is 0 Å². The molecule has 0 bridgehead atoms. The summed E-state index contributed by atoms with van der Waals surface area (Å²) in [6.07, 6.45) is 5.16. The molecule has 1 atom stereocenters. The van der Waals surface area contributed by atoms with Crippen molar-refractivity contribution in [3.05, 3.63) is 47.5 Å². The summed E-state index contributed by atoms with van der Waals surface area (Å²) >= 11 is 0. The van der Waals surface area contributed by atoms with Crippen LogP contribution in [0.1, 0.15) is 43.3 Å². The monoisotopic (exact) mass is 270 g/mol. The van der Waals surface area contributed by atoms with Crippen molar-refractivity contribution in [1.29, 1.82) is 0 Å². The average Bonchev–Trinajstić information content (AvgIpc) is 3.04. The molecular weight excluding hydrogens is 248 g/mol. The molecule has 1 unspecified atom stereocenters. The van der Waals surface area contributed by atoms with E-state index in [-0.39, 0.29) is 6.04 Å². The Morgan fingerprint density at radius 3 is 2.65 bits per heavy atom. The third-order valence-corrected chi connectivity index (χ3v) is 4.03. The van der Waals surface area contributed by atoms with Gasteiger partial charge in [-0.2, -0.15) is 0 Å². The van der Waals surface area contributed by atoms with Crippen molar-refractivity contribution in [2.75, 3.05) is 0 Å². The van der Waals surface area contributed by atoms with Crippen LogP contribution in [0.4, 0.5) is 0 Å². The van der Waals surface area contributed by atoms with Gasteiger partial charge in [0.05, 0.1) is 6.04 Å². The smallest absolute Gasteiger partial charge is 0.149 e. The van der Waals surface area contributed by atoms with Crippen molar-refractivity contribution in [3.8, 4) is 0 Å². The average molecular weight is 270 g/mol. The number of hydrogen-bond donors (Lipinski definition) is 1. The first kappa shape index (κ1) is 13.3. The van der Waals surface area contributed by atoms with Gasteiger partial charge in [0, 0.05) is 12.6 Å². The Balaban J connectivity index is 1.66. The van der Waals surface area contributed by atoms with Gasteiger partial charge in [-0.1, -0.05) is 31.2 Å². The highest BCUT2D eigenvalue weighted by molar-refractivity contribution is 5.33. The summed E-state index contributed by atoms with van der Waals surface area (Å²) in [5.41, 5.74) is 2.96. The molecular formula is C16H22N4. The lowest BCUT2D eigenvalue weighted by Gasteiger charge is -2.19. The van der Waals surface area contributed by atoms with Gasteiger partial charge in [0.25, 0.3) is 0 Å². The minimum Gasteiger partial charge on any atom is -0.316 e. The number of rotatable bonds is 5. The highest BCUT2D eigenvalue weighted by Gasteiger charge is 2.24. The second-order valence-corrected chi connectivity index (χ2v) is 5.64. The van der Waals surface area contributed by atoms with Crippen molar-refractivity contribution in [2.24, 2.45) is 0 Å². The first-order valence-electron chi connectivity index (χ1n) is 7.48. The van der Waals surface area contributed by atoms with Gasteiger partial charge in [0.15, 0.2) is 0 Å². The number of fused-ring (bicyclic) bond motifs is 1. The van der Waals surface area contributed by atoms with Crippen molar-refractivity contribution in [3.63, 3.8) is 0 Å². The Morgan fingerprint density at radius 2 is 2.00 bits per heavy atom. The van der Waals surface area contributed by atoms with Crippen LogP contribution in [0, 0.1) is 0 Å². The molecule has 1 aliphatic carbocycles. The zero-order valence-corrected chi connectivity index (χ0v) is 12.2. The molecule has 2 aromatic rings. The minimum atomic E-state index is 0.239. The van der Waals surface area contributed by atoms with Crippen LogP contribution in [-0.4, -0.2) is 20.8 Å². The summed E-state index contributed by atoms with van der Waals surface area (Å²) in [5.74, 6) is 1.04. The highest BCUT2D eigenvalue weighted by Crippen LogP contribution is 2.23. The standard InChI is InChI=1S/C16H22N4/c1-3-8-20-11-17-19-16(20)12(2)18-15-9-13-6-4-5-7-14(13)10-15/h4-7,11-12,15,18H,3,8-10H2,1-2H3. The molecule has 0 aliphatic heterocycles. The molecule has 1 heterocycles. The highest BCUT2D eigenvalue weighted by atomic mass is 15.3. The Bertz CT molecular complexity index is 550. The molecule has 0 saturated carbocycles. The van der Waals surface area contributed by atoms with Gasteiger partial charge in [-0.05, 0) is 37.3 Å². The Morgan fingerprint density at radius 1 is 1.30 bits per heavy atom. The summed E-state index contributed by atoms with van der Waals surface area (Å²) in [6.45, 7) is 5.34. The van der Waals surface area contributed by atoms with Gasteiger partial charge in [-0.15, -0.1) is 10.2 Å². The van der Waals surface area contributed by atoms with E-state index in [0.717, 1.165) is 31.6 Å². The maximum absolute atomic E-state index is 4.28. The van der Waals surface area contributed by atoms with Crippen LogP contribution in [0.5, 0.6) is 0 Å². The summed E-state index contributed by atoms with van der Waals surface area (Å²) in [7, 11) is 0. The molecule has 3 rings (SSSR count). The number of aromatic nitrogens is 3. The van der Waals surface area contributed by atoms with Gasteiger partial charge in [-0.25, -0.2) is 0 Å². The van der Waals surface area contributed by atoms with E-state index in [1.165, 1.54) is 11.1 Å². The molecule has 1 aromatic carbocycles. The third-order valence-electron chi connectivity index (χ3n) is 4.03. The van der Waals surface area contributed by atoms with E-state index in [0.29, 0.717) is 6.04 Å².